The Labute approximate surface area is 121 Å². The topological polar surface area (TPSA) is 83.8 Å². The Kier molecular flexibility index (Phi) is 4.56. The fourth-order valence-electron chi connectivity index (χ4n) is 1.89. The lowest BCUT2D eigenvalue weighted by Gasteiger charge is -2.15. The molecule has 0 aliphatic rings. The normalized spacial score (nSPS) is 11.6. The molecule has 2 aromatic rings. The van der Waals surface area contributed by atoms with Gasteiger partial charge in [0.25, 0.3) is 0 Å². The summed E-state index contributed by atoms with van der Waals surface area (Å²) in [7, 11) is 0. The van der Waals surface area contributed by atoms with Crippen LogP contribution in [0.4, 0.5) is 0 Å². The van der Waals surface area contributed by atoms with E-state index >= 15 is 0 Å². The minimum absolute atomic E-state index is 0.0820. The molecule has 5 heteroatoms. The van der Waals surface area contributed by atoms with Crippen molar-refractivity contribution >= 4 is 11.9 Å². The molecule has 21 heavy (non-hydrogen) atoms. The Hall–Kier alpha value is -2.82. The maximum absolute atomic E-state index is 11.3. The predicted octanol–water partition coefficient (Wildman–Crippen LogP) is 2.52. The van der Waals surface area contributed by atoms with Crippen LogP contribution in [-0.4, -0.2) is 22.2 Å². The minimum Gasteiger partial charge on any atom is -0.481 e. The Morgan fingerprint density at radius 1 is 0.952 bits per heavy atom. The standard InChI is InChI=1S/C16H14O5/c17-14(18)10-11-6-8-13(9-7-11)21-15(16(19)20)12-4-2-1-3-5-12/h1-9,15H,10H2,(H,17,18)(H,19,20). The predicted molar refractivity (Wildman–Crippen MR) is 75.2 cm³/mol. The molecule has 2 N–H and O–H groups in total. The van der Waals surface area contributed by atoms with E-state index in [-0.39, 0.29) is 6.42 Å². The first-order valence-corrected chi connectivity index (χ1v) is 6.31. The molecule has 0 aliphatic heterocycles. The van der Waals surface area contributed by atoms with Crippen LogP contribution in [0.2, 0.25) is 0 Å². The molecule has 0 spiro atoms. The lowest BCUT2D eigenvalue weighted by Crippen LogP contribution is -2.18. The molecule has 0 bridgehead atoms. The summed E-state index contributed by atoms with van der Waals surface area (Å²) in [5.41, 5.74) is 1.17. The van der Waals surface area contributed by atoms with Crippen LogP contribution in [0.1, 0.15) is 17.2 Å². The summed E-state index contributed by atoms with van der Waals surface area (Å²) in [5.74, 6) is -1.63. The summed E-state index contributed by atoms with van der Waals surface area (Å²) < 4.78 is 5.47. The molecule has 108 valence electrons. The van der Waals surface area contributed by atoms with E-state index < -0.39 is 18.0 Å². The van der Waals surface area contributed by atoms with Gasteiger partial charge in [0.2, 0.25) is 6.10 Å². The number of carboxylic acid groups (broad SMARTS) is 2. The van der Waals surface area contributed by atoms with Crippen LogP contribution in [0.3, 0.4) is 0 Å². The fourth-order valence-corrected chi connectivity index (χ4v) is 1.89. The molecule has 0 fully saturated rings. The van der Waals surface area contributed by atoms with Gasteiger partial charge in [-0.25, -0.2) is 4.79 Å². The molecule has 2 aromatic carbocycles. The van der Waals surface area contributed by atoms with E-state index in [4.69, 9.17) is 9.84 Å². The highest BCUT2D eigenvalue weighted by Gasteiger charge is 2.21. The summed E-state index contributed by atoms with van der Waals surface area (Å²) in [6.07, 6.45) is -1.18. The van der Waals surface area contributed by atoms with Crippen LogP contribution < -0.4 is 4.74 Å². The van der Waals surface area contributed by atoms with Crippen molar-refractivity contribution in [2.75, 3.05) is 0 Å². The van der Waals surface area contributed by atoms with Crippen LogP contribution in [-0.2, 0) is 16.0 Å². The molecule has 0 heterocycles. The smallest absolute Gasteiger partial charge is 0.349 e. The minimum atomic E-state index is -1.10. The van der Waals surface area contributed by atoms with Crippen molar-refractivity contribution < 1.29 is 24.5 Å². The molecule has 0 aliphatic carbocycles. The van der Waals surface area contributed by atoms with Crippen molar-refractivity contribution in [3.63, 3.8) is 0 Å². The van der Waals surface area contributed by atoms with Crippen LogP contribution in [0.15, 0.2) is 54.6 Å². The second kappa shape index (κ2) is 6.56. The first-order valence-electron chi connectivity index (χ1n) is 6.31. The summed E-state index contributed by atoms with van der Waals surface area (Å²) in [4.78, 5) is 21.9. The summed E-state index contributed by atoms with van der Waals surface area (Å²) >= 11 is 0. The Balaban J connectivity index is 2.14. The molecule has 5 nitrogen and oxygen atoms in total. The average Bonchev–Trinajstić information content (AvgIpc) is 2.46. The Morgan fingerprint density at radius 2 is 1.57 bits per heavy atom. The van der Waals surface area contributed by atoms with Crippen molar-refractivity contribution in [1.82, 2.24) is 0 Å². The quantitative estimate of drug-likeness (QED) is 0.852. The summed E-state index contributed by atoms with van der Waals surface area (Å²) in [5, 5.41) is 18.0. The third-order valence-electron chi connectivity index (χ3n) is 2.86. The number of ether oxygens (including phenoxy) is 1. The first kappa shape index (κ1) is 14.6. The van der Waals surface area contributed by atoms with E-state index in [0.29, 0.717) is 16.9 Å². The molecule has 0 radical (unpaired) electrons. The zero-order valence-electron chi connectivity index (χ0n) is 11.1. The Morgan fingerprint density at radius 3 is 2.10 bits per heavy atom. The van der Waals surface area contributed by atoms with Gasteiger partial charge in [0, 0.05) is 5.56 Å². The van der Waals surface area contributed by atoms with E-state index in [0.717, 1.165) is 0 Å². The van der Waals surface area contributed by atoms with Gasteiger partial charge in [-0.15, -0.1) is 0 Å². The van der Waals surface area contributed by atoms with Crippen LogP contribution in [0.5, 0.6) is 5.75 Å². The average molecular weight is 286 g/mol. The number of aliphatic carboxylic acids is 2. The number of hydrogen-bond acceptors (Lipinski definition) is 3. The zero-order chi connectivity index (χ0) is 15.2. The van der Waals surface area contributed by atoms with Gasteiger partial charge in [0.05, 0.1) is 6.42 Å². The summed E-state index contributed by atoms with van der Waals surface area (Å²) in [6, 6.07) is 15.0. The van der Waals surface area contributed by atoms with E-state index in [2.05, 4.69) is 0 Å². The molecule has 1 atom stereocenters. The van der Waals surface area contributed by atoms with Gasteiger partial charge in [-0.1, -0.05) is 42.5 Å². The number of rotatable bonds is 6. The first-order chi connectivity index (χ1) is 10.1. The lowest BCUT2D eigenvalue weighted by atomic mass is 10.1. The number of benzene rings is 2. The lowest BCUT2D eigenvalue weighted by molar-refractivity contribution is -0.145. The third-order valence-corrected chi connectivity index (χ3v) is 2.86. The number of carbonyl (C=O) groups is 2. The number of hydrogen-bond donors (Lipinski definition) is 2. The Bertz CT molecular complexity index is 619. The van der Waals surface area contributed by atoms with Crippen molar-refractivity contribution in [2.24, 2.45) is 0 Å². The van der Waals surface area contributed by atoms with Crippen molar-refractivity contribution in [2.45, 2.75) is 12.5 Å². The maximum Gasteiger partial charge on any atom is 0.349 e. The number of carboxylic acids is 2. The monoisotopic (exact) mass is 286 g/mol. The fraction of sp³-hybridized carbons (Fsp3) is 0.125. The van der Waals surface area contributed by atoms with Crippen molar-refractivity contribution in [1.29, 1.82) is 0 Å². The van der Waals surface area contributed by atoms with Crippen molar-refractivity contribution in [3.05, 3.63) is 65.7 Å². The second-order valence-electron chi connectivity index (χ2n) is 4.46. The molecule has 0 amide bonds. The third kappa shape index (κ3) is 4.07. The largest absolute Gasteiger partial charge is 0.481 e. The van der Waals surface area contributed by atoms with Gasteiger partial charge in [0.15, 0.2) is 0 Å². The summed E-state index contributed by atoms with van der Waals surface area (Å²) in [6.45, 7) is 0. The highest BCUT2D eigenvalue weighted by molar-refractivity contribution is 5.75. The van der Waals surface area contributed by atoms with Gasteiger partial charge >= 0.3 is 11.9 Å². The molecule has 0 aromatic heterocycles. The van der Waals surface area contributed by atoms with E-state index in [9.17, 15) is 14.7 Å². The maximum atomic E-state index is 11.3. The highest BCUT2D eigenvalue weighted by Crippen LogP contribution is 2.22. The van der Waals surface area contributed by atoms with Gasteiger partial charge in [-0.2, -0.15) is 0 Å². The molecular weight excluding hydrogens is 272 g/mol. The zero-order valence-corrected chi connectivity index (χ0v) is 11.1. The van der Waals surface area contributed by atoms with Gasteiger partial charge in [-0.05, 0) is 17.7 Å². The molecule has 0 saturated carbocycles. The van der Waals surface area contributed by atoms with Crippen LogP contribution >= 0.6 is 0 Å². The molecule has 0 saturated heterocycles. The van der Waals surface area contributed by atoms with Gasteiger partial charge in [-0.3, -0.25) is 4.79 Å². The van der Waals surface area contributed by atoms with Crippen LogP contribution in [0.25, 0.3) is 0 Å². The van der Waals surface area contributed by atoms with Crippen LogP contribution in [0, 0.1) is 0 Å². The van der Waals surface area contributed by atoms with Gasteiger partial charge < -0.3 is 14.9 Å². The van der Waals surface area contributed by atoms with E-state index in [1.165, 1.54) is 0 Å². The molecular formula is C16H14O5. The van der Waals surface area contributed by atoms with E-state index in [1.807, 2.05) is 0 Å². The van der Waals surface area contributed by atoms with E-state index in [1.54, 1.807) is 54.6 Å². The second-order valence-corrected chi connectivity index (χ2v) is 4.46. The molecule has 1 unspecified atom stereocenters. The van der Waals surface area contributed by atoms with Crippen molar-refractivity contribution in [3.8, 4) is 5.75 Å². The van der Waals surface area contributed by atoms with Gasteiger partial charge in [0.1, 0.15) is 5.75 Å². The molecule has 2 rings (SSSR count). The highest BCUT2D eigenvalue weighted by atomic mass is 16.5. The SMILES string of the molecule is O=C(O)Cc1ccc(OC(C(=O)O)c2ccccc2)cc1.